The molecule has 1 aromatic rings. The summed E-state index contributed by atoms with van der Waals surface area (Å²) in [7, 11) is 0. The third-order valence-electron chi connectivity index (χ3n) is 2.18. The fraction of sp³-hybridized carbons (Fsp3) is 0.273. The zero-order chi connectivity index (χ0) is 13.5. The smallest absolute Gasteiger partial charge is 0.225 e. The van der Waals surface area contributed by atoms with Gasteiger partial charge >= 0.3 is 0 Å². The molecule has 0 aliphatic carbocycles. The molecular formula is C11H14FN3O2S. The highest BCUT2D eigenvalue weighted by atomic mass is 32.2. The average Bonchev–Trinajstić information content (AvgIpc) is 2.35. The maximum atomic E-state index is 13.6. The number of carbonyl (C=O) groups is 1. The molecule has 0 spiro atoms. The zero-order valence-corrected chi connectivity index (χ0v) is 10.6. The lowest BCUT2D eigenvalue weighted by atomic mass is 10.1. The number of rotatable bonds is 5. The van der Waals surface area contributed by atoms with E-state index in [-0.39, 0.29) is 23.0 Å². The van der Waals surface area contributed by atoms with Crippen LogP contribution in [0.4, 0.5) is 10.1 Å². The Morgan fingerprint density at radius 1 is 1.61 bits per heavy atom. The minimum atomic E-state index is -0.659. The number of anilines is 1. The number of thioether (sulfide) groups is 1. The van der Waals surface area contributed by atoms with Gasteiger partial charge in [-0.25, -0.2) is 4.39 Å². The number of amides is 1. The molecule has 0 saturated carbocycles. The van der Waals surface area contributed by atoms with Crippen molar-refractivity contribution in [1.82, 2.24) is 0 Å². The molecule has 0 aromatic heterocycles. The molecule has 0 saturated heterocycles. The molecule has 1 amide bonds. The number of nitrogens with zero attached hydrogens (tertiary/aromatic N) is 1. The molecular weight excluding hydrogens is 257 g/mol. The summed E-state index contributed by atoms with van der Waals surface area (Å²) in [6, 6.07) is 4.10. The molecule has 0 bridgehead atoms. The van der Waals surface area contributed by atoms with E-state index in [2.05, 4.69) is 10.5 Å². The third-order valence-corrected chi connectivity index (χ3v) is 2.80. The number of carbonyl (C=O) groups excluding carboxylic acids is 1. The maximum Gasteiger partial charge on any atom is 0.225 e. The number of amidine groups is 1. The van der Waals surface area contributed by atoms with E-state index in [1.807, 2.05) is 6.26 Å². The first kappa shape index (κ1) is 14.3. The summed E-state index contributed by atoms with van der Waals surface area (Å²) in [4.78, 5) is 11.6. The van der Waals surface area contributed by atoms with Crippen molar-refractivity contribution in [2.24, 2.45) is 10.9 Å². The van der Waals surface area contributed by atoms with Crippen molar-refractivity contribution in [3.05, 3.63) is 29.6 Å². The van der Waals surface area contributed by atoms with Crippen molar-refractivity contribution in [3.63, 3.8) is 0 Å². The first-order valence-electron chi connectivity index (χ1n) is 5.15. The van der Waals surface area contributed by atoms with E-state index in [1.54, 1.807) is 0 Å². The van der Waals surface area contributed by atoms with Gasteiger partial charge in [0.25, 0.3) is 0 Å². The number of nitrogens with two attached hydrogens (primary N) is 1. The van der Waals surface area contributed by atoms with Gasteiger partial charge in [0.1, 0.15) is 5.82 Å². The second-order valence-corrected chi connectivity index (χ2v) is 4.42. The van der Waals surface area contributed by atoms with Crippen LogP contribution in [0.5, 0.6) is 0 Å². The first-order valence-corrected chi connectivity index (χ1v) is 6.54. The van der Waals surface area contributed by atoms with E-state index in [4.69, 9.17) is 10.9 Å². The summed E-state index contributed by atoms with van der Waals surface area (Å²) >= 11 is 1.54. The summed E-state index contributed by atoms with van der Waals surface area (Å²) < 4.78 is 13.6. The predicted molar refractivity (Wildman–Crippen MR) is 70.5 cm³/mol. The number of hydrogen-bond acceptors (Lipinski definition) is 4. The Hall–Kier alpha value is -1.76. The number of nitrogens with one attached hydrogen (secondary N) is 1. The van der Waals surface area contributed by atoms with Gasteiger partial charge in [-0.1, -0.05) is 11.2 Å². The number of hydrogen-bond donors (Lipinski definition) is 3. The van der Waals surface area contributed by atoms with E-state index >= 15 is 0 Å². The van der Waals surface area contributed by atoms with Crippen molar-refractivity contribution < 1.29 is 14.4 Å². The van der Waals surface area contributed by atoms with Gasteiger partial charge in [-0.3, -0.25) is 4.79 Å². The average molecular weight is 271 g/mol. The highest BCUT2D eigenvalue weighted by Crippen LogP contribution is 2.19. The van der Waals surface area contributed by atoms with Gasteiger partial charge < -0.3 is 16.3 Å². The summed E-state index contributed by atoms with van der Waals surface area (Å²) in [5.74, 6) is -0.622. The highest BCUT2D eigenvalue weighted by molar-refractivity contribution is 7.98. The minimum absolute atomic E-state index is 0.113. The SMILES string of the molecule is CSCCC(=O)Nc1cccc(F)c1C(N)=NO. The molecule has 18 heavy (non-hydrogen) atoms. The van der Waals surface area contributed by atoms with Crippen molar-refractivity contribution in [2.75, 3.05) is 17.3 Å². The Balaban J connectivity index is 2.95. The van der Waals surface area contributed by atoms with Crippen LogP contribution in [0.2, 0.25) is 0 Å². The summed E-state index contributed by atoms with van der Waals surface area (Å²) in [5.41, 5.74) is 5.45. The molecule has 0 fully saturated rings. The van der Waals surface area contributed by atoms with E-state index in [0.29, 0.717) is 12.2 Å². The van der Waals surface area contributed by atoms with Crippen LogP contribution in [0, 0.1) is 5.82 Å². The van der Waals surface area contributed by atoms with Gasteiger partial charge in [-0.2, -0.15) is 11.8 Å². The monoisotopic (exact) mass is 271 g/mol. The number of oxime groups is 1. The van der Waals surface area contributed by atoms with Crippen LogP contribution in [-0.4, -0.2) is 29.0 Å². The Labute approximate surface area is 108 Å². The number of benzene rings is 1. The molecule has 0 radical (unpaired) electrons. The maximum absolute atomic E-state index is 13.6. The Morgan fingerprint density at radius 2 is 2.33 bits per heavy atom. The van der Waals surface area contributed by atoms with Crippen LogP contribution in [0.25, 0.3) is 0 Å². The Morgan fingerprint density at radius 3 is 2.94 bits per heavy atom. The molecule has 98 valence electrons. The van der Waals surface area contributed by atoms with Gasteiger partial charge in [0.15, 0.2) is 5.84 Å². The van der Waals surface area contributed by atoms with E-state index in [0.717, 1.165) is 0 Å². The van der Waals surface area contributed by atoms with Crippen LogP contribution < -0.4 is 11.1 Å². The molecule has 0 unspecified atom stereocenters. The van der Waals surface area contributed by atoms with Crippen LogP contribution in [-0.2, 0) is 4.79 Å². The van der Waals surface area contributed by atoms with Crippen LogP contribution in [0.1, 0.15) is 12.0 Å². The minimum Gasteiger partial charge on any atom is -0.409 e. The largest absolute Gasteiger partial charge is 0.409 e. The van der Waals surface area contributed by atoms with Gasteiger partial charge in [-0.05, 0) is 18.4 Å². The summed E-state index contributed by atoms with van der Waals surface area (Å²) in [6.45, 7) is 0. The van der Waals surface area contributed by atoms with E-state index < -0.39 is 5.82 Å². The highest BCUT2D eigenvalue weighted by Gasteiger charge is 2.14. The predicted octanol–water partition coefficient (Wildman–Crippen LogP) is 1.61. The van der Waals surface area contributed by atoms with E-state index in [9.17, 15) is 9.18 Å². The van der Waals surface area contributed by atoms with Crippen molar-refractivity contribution >= 4 is 29.2 Å². The fourth-order valence-corrected chi connectivity index (χ4v) is 1.74. The first-order chi connectivity index (χ1) is 8.60. The summed E-state index contributed by atoms with van der Waals surface area (Å²) in [6.07, 6.45) is 2.20. The lowest BCUT2D eigenvalue weighted by molar-refractivity contribution is -0.115. The zero-order valence-electron chi connectivity index (χ0n) is 9.81. The van der Waals surface area contributed by atoms with Crippen molar-refractivity contribution in [2.45, 2.75) is 6.42 Å². The quantitative estimate of drug-likeness (QED) is 0.328. The van der Waals surface area contributed by atoms with Crippen LogP contribution in [0.3, 0.4) is 0 Å². The molecule has 0 atom stereocenters. The molecule has 4 N–H and O–H groups in total. The lowest BCUT2D eigenvalue weighted by Crippen LogP contribution is -2.20. The Kier molecular flexibility index (Phi) is 5.44. The third kappa shape index (κ3) is 3.63. The lowest BCUT2D eigenvalue weighted by Gasteiger charge is -2.10. The fourth-order valence-electron chi connectivity index (χ4n) is 1.35. The molecule has 0 heterocycles. The second-order valence-electron chi connectivity index (χ2n) is 3.44. The molecule has 1 aromatic carbocycles. The molecule has 5 nitrogen and oxygen atoms in total. The molecule has 0 aliphatic rings. The van der Waals surface area contributed by atoms with Crippen LogP contribution >= 0.6 is 11.8 Å². The van der Waals surface area contributed by atoms with Gasteiger partial charge in [-0.15, -0.1) is 0 Å². The standard InChI is InChI=1S/C11H14FN3O2S/c1-18-6-5-9(16)14-8-4-2-3-7(12)10(8)11(13)15-17/h2-4,17H,5-6H2,1H3,(H2,13,15)(H,14,16). The summed E-state index contributed by atoms with van der Waals surface area (Å²) in [5, 5.41) is 13.9. The molecule has 1 rings (SSSR count). The number of halogens is 1. The van der Waals surface area contributed by atoms with Crippen molar-refractivity contribution in [3.8, 4) is 0 Å². The Bertz CT molecular complexity index is 466. The van der Waals surface area contributed by atoms with Crippen LogP contribution in [0.15, 0.2) is 23.4 Å². The van der Waals surface area contributed by atoms with E-state index in [1.165, 1.54) is 30.0 Å². The van der Waals surface area contributed by atoms with Crippen molar-refractivity contribution in [1.29, 1.82) is 0 Å². The second kappa shape index (κ2) is 6.85. The van der Waals surface area contributed by atoms with Gasteiger partial charge in [0.05, 0.1) is 11.3 Å². The van der Waals surface area contributed by atoms with Gasteiger partial charge in [0.2, 0.25) is 5.91 Å². The normalized spacial score (nSPS) is 11.3. The molecule has 0 aliphatic heterocycles. The van der Waals surface area contributed by atoms with Gasteiger partial charge in [0, 0.05) is 12.2 Å². The molecule has 7 heteroatoms. The topological polar surface area (TPSA) is 87.7 Å².